The van der Waals surface area contributed by atoms with E-state index >= 15 is 0 Å². The largest absolute Gasteiger partial charge is 0.372 e. The molecule has 0 saturated carbocycles. The smallest absolute Gasteiger partial charge is 0.0889 e. The SMILES string of the molecule is CC/C(=c1/nccc/c1=C/CC(C)C)N1CCCN(C(CC)CC)CC1. The molecule has 1 saturated heterocycles. The highest BCUT2D eigenvalue weighted by atomic mass is 15.2. The molecule has 3 heteroatoms. The molecule has 0 aromatic carbocycles. The second kappa shape index (κ2) is 10.7. The van der Waals surface area contributed by atoms with Gasteiger partial charge in [-0.1, -0.05) is 46.8 Å². The van der Waals surface area contributed by atoms with Gasteiger partial charge in [-0.3, -0.25) is 9.88 Å². The maximum absolute atomic E-state index is 4.80. The minimum Gasteiger partial charge on any atom is -0.372 e. The lowest BCUT2D eigenvalue weighted by Crippen LogP contribution is -2.40. The fourth-order valence-electron chi connectivity index (χ4n) is 4.10. The molecule has 0 bridgehead atoms. The van der Waals surface area contributed by atoms with Gasteiger partial charge in [-0.05, 0) is 49.3 Å². The zero-order chi connectivity index (χ0) is 18.9. The standard InChI is InChI=1S/C23H39N3/c1-6-21(7-2)25-15-10-16-26(18-17-25)22(8-3)23-20(11-9-14-24-23)13-12-19(4)5/h9,11,13-14,19,21H,6-8,10,12,15-18H2,1-5H3/b20-13-,23-22-. The van der Waals surface area contributed by atoms with Crippen LogP contribution >= 0.6 is 0 Å². The van der Waals surface area contributed by atoms with E-state index in [0.29, 0.717) is 5.92 Å². The average molecular weight is 358 g/mol. The topological polar surface area (TPSA) is 19.4 Å². The van der Waals surface area contributed by atoms with Crippen molar-refractivity contribution in [2.24, 2.45) is 5.92 Å². The summed E-state index contributed by atoms with van der Waals surface area (Å²) < 4.78 is 0. The minimum absolute atomic E-state index is 0.680. The molecule has 1 aromatic rings. The molecular formula is C23H39N3. The van der Waals surface area contributed by atoms with Crippen LogP contribution in [0.15, 0.2) is 18.3 Å². The Morgan fingerprint density at radius 3 is 2.54 bits per heavy atom. The van der Waals surface area contributed by atoms with E-state index in [-0.39, 0.29) is 0 Å². The van der Waals surface area contributed by atoms with Crippen molar-refractivity contribution < 1.29 is 0 Å². The maximum atomic E-state index is 4.80. The van der Waals surface area contributed by atoms with Crippen molar-refractivity contribution in [2.45, 2.75) is 72.8 Å². The van der Waals surface area contributed by atoms with E-state index in [9.17, 15) is 0 Å². The number of pyridine rings is 1. The quantitative estimate of drug-likeness (QED) is 0.743. The minimum atomic E-state index is 0.680. The first-order chi connectivity index (χ1) is 12.6. The van der Waals surface area contributed by atoms with Crippen LogP contribution in [0.5, 0.6) is 0 Å². The van der Waals surface area contributed by atoms with E-state index in [2.05, 4.69) is 62.6 Å². The number of rotatable bonds is 7. The lowest BCUT2D eigenvalue weighted by molar-refractivity contribution is 0.194. The molecule has 0 amide bonds. The van der Waals surface area contributed by atoms with Gasteiger partial charge in [0.2, 0.25) is 0 Å². The number of nitrogens with zero attached hydrogens (tertiary/aromatic N) is 3. The van der Waals surface area contributed by atoms with Gasteiger partial charge in [-0.15, -0.1) is 0 Å². The third kappa shape index (κ3) is 5.57. The predicted molar refractivity (Wildman–Crippen MR) is 113 cm³/mol. The highest BCUT2D eigenvalue weighted by Crippen LogP contribution is 2.16. The van der Waals surface area contributed by atoms with Crippen LogP contribution in [0.4, 0.5) is 0 Å². The predicted octanol–water partition coefficient (Wildman–Crippen LogP) is 3.62. The van der Waals surface area contributed by atoms with Gasteiger partial charge < -0.3 is 4.90 Å². The average Bonchev–Trinajstić information content (AvgIpc) is 2.89. The monoisotopic (exact) mass is 357 g/mol. The van der Waals surface area contributed by atoms with Crippen LogP contribution in [0, 0.1) is 5.92 Å². The van der Waals surface area contributed by atoms with Crippen molar-refractivity contribution in [3.63, 3.8) is 0 Å². The summed E-state index contributed by atoms with van der Waals surface area (Å²) >= 11 is 0. The van der Waals surface area contributed by atoms with E-state index in [1.165, 1.54) is 48.6 Å². The third-order valence-corrected chi connectivity index (χ3v) is 5.63. The van der Waals surface area contributed by atoms with Crippen LogP contribution in [-0.4, -0.2) is 47.0 Å². The Bertz CT molecular complexity index is 646. The lowest BCUT2D eigenvalue weighted by atomic mass is 10.1. The van der Waals surface area contributed by atoms with Crippen molar-refractivity contribution in [3.8, 4) is 0 Å². The summed E-state index contributed by atoms with van der Waals surface area (Å²) in [4.78, 5) is 10.1. The van der Waals surface area contributed by atoms with E-state index in [0.717, 1.165) is 32.0 Å². The second-order valence-electron chi connectivity index (χ2n) is 7.92. The van der Waals surface area contributed by atoms with Crippen molar-refractivity contribution in [2.75, 3.05) is 26.2 Å². The molecule has 2 heterocycles. The Kier molecular flexibility index (Phi) is 8.64. The van der Waals surface area contributed by atoms with Crippen LogP contribution < -0.4 is 10.6 Å². The Balaban J connectivity index is 2.31. The van der Waals surface area contributed by atoms with Gasteiger partial charge in [0.1, 0.15) is 0 Å². The van der Waals surface area contributed by atoms with Crippen molar-refractivity contribution >= 4 is 11.8 Å². The van der Waals surface area contributed by atoms with Gasteiger partial charge in [0, 0.05) is 44.1 Å². The molecule has 0 unspecified atom stereocenters. The van der Waals surface area contributed by atoms with Crippen LogP contribution in [0.25, 0.3) is 11.8 Å². The summed E-state index contributed by atoms with van der Waals surface area (Å²) in [7, 11) is 0. The molecule has 1 aliphatic rings. The van der Waals surface area contributed by atoms with E-state index in [1.54, 1.807) is 0 Å². The zero-order valence-corrected chi connectivity index (χ0v) is 17.7. The molecular weight excluding hydrogens is 318 g/mol. The summed E-state index contributed by atoms with van der Waals surface area (Å²) in [6.07, 6.45) is 10.2. The van der Waals surface area contributed by atoms with Gasteiger partial charge >= 0.3 is 0 Å². The zero-order valence-electron chi connectivity index (χ0n) is 17.7. The van der Waals surface area contributed by atoms with E-state index in [4.69, 9.17) is 4.98 Å². The molecule has 1 aliphatic heterocycles. The fraction of sp³-hybridized carbons (Fsp3) is 0.696. The summed E-state index contributed by atoms with van der Waals surface area (Å²) in [5, 5.41) is 2.51. The van der Waals surface area contributed by atoms with Crippen molar-refractivity contribution in [3.05, 3.63) is 28.9 Å². The molecule has 146 valence electrons. The first kappa shape index (κ1) is 21.0. The molecule has 1 fully saturated rings. The maximum Gasteiger partial charge on any atom is 0.0889 e. The summed E-state index contributed by atoms with van der Waals surface area (Å²) in [6.45, 7) is 16.2. The van der Waals surface area contributed by atoms with Gasteiger partial charge in [0.05, 0.1) is 5.35 Å². The van der Waals surface area contributed by atoms with Gasteiger partial charge in [0.15, 0.2) is 0 Å². The molecule has 0 atom stereocenters. The van der Waals surface area contributed by atoms with E-state index < -0.39 is 0 Å². The summed E-state index contributed by atoms with van der Waals surface area (Å²) in [5.41, 5.74) is 1.42. The third-order valence-electron chi connectivity index (χ3n) is 5.63. The molecule has 26 heavy (non-hydrogen) atoms. The van der Waals surface area contributed by atoms with E-state index in [1.807, 2.05) is 6.20 Å². The first-order valence-electron chi connectivity index (χ1n) is 10.7. The molecule has 0 aliphatic carbocycles. The Morgan fingerprint density at radius 2 is 1.88 bits per heavy atom. The molecule has 3 nitrogen and oxygen atoms in total. The van der Waals surface area contributed by atoms with Gasteiger partial charge in [-0.25, -0.2) is 0 Å². The lowest BCUT2D eigenvalue weighted by Gasteiger charge is -2.29. The molecule has 0 radical (unpaired) electrons. The normalized spacial score (nSPS) is 18.6. The molecule has 1 aromatic heterocycles. The molecule has 2 rings (SSSR count). The van der Waals surface area contributed by atoms with Crippen LogP contribution in [0.3, 0.4) is 0 Å². The van der Waals surface area contributed by atoms with Crippen LogP contribution in [-0.2, 0) is 0 Å². The molecule has 0 N–H and O–H groups in total. The second-order valence-corrected chi connectivity index (χ2v) is 7.92. The van der Waals surface area contributed by atoms with Crippen LogP contribution in [0.1, 0.15) is 66.7 Å². The fourth-order valence-corrected chi connectivity index (χ4v) is 4.10. The van der Waals surface area contributed by atoms with Gasteiger partial charge in [0.25, 0.3) is 0 Å². The number of hydrogen-bond acceptors (Lipinski definition) is 3. The van der Waals surface area contributed by atoms with Crippen molar-refractivity contribution in [1.29, 1.82) is 0 Å². The molecule has 0 spiro atoms. The first-order valence-corrected chi connectivity index (χ1v) is 10.7. The van der Waals surface area contributed by atoms with Crippen molar-refractivity contribution in [1.82, 2.24) is 14.8 Å². The highest BCUT2D eigenvalue weighted by molar-refractivity contribution is 5.42. The highest BCUT2D eigenvalue weighted by Gasteiger charge is 2.21. The Hall–Kier alpha value is -1.35. The van der Waals surface area contributed by atoms with Crippen LogP contribution in [0.2, 0.25) is 0 Å². The summed E-state index contributed by atoms with van der Waals surface area (Å²) in [6, 6.07) is 5.04. The van der Waals surface area contributed by atoms with Gasteiger partial charge in [-0.2, -0.15) is 0 Å². The Labute approximate surface area is 160 Å². The number of hydrogen-bond donors (Lipinski definition) is 0. The Morgan fingerprint density at radius 1 is 1.12 bits per heavy atom. The number of aromatic nitrogens is 1. The summed E-state index contributed by atoms with van der Waals surface area (Å²) in [5.74, 6) is 0.680.